The van der Waals surface area contributed by atoms with Crippen molar-refractivity contribution in [1.29, 1.82) is 0 Å². The summed E-state index contributed by atoms with van der Waals surface area (Å²) in [6.07, 6.45) is 9.04. The van der Waals surface area contributed by atoms with E-state index in [1.54, 1.807) is 7.11 Å². The second-order valence-corrected chi connectivity index (χ2v) is 6.34. The molecular formula is C30H46O. The van der Waals surface area contributed by atoms with E-state index in [0.717, 1.165) is 5.75 Å². The number of benzene rings is 2. The first-order valence-corrected chi connectivity index (χ1v) is 11.8. The van der Waals surface area contributed by atoms with E-state index in [2.05, 4.69) is 82.3 Å². The summed E-state index contributed by atoms with van der Waals surface area (Å²) in [7, 11) is 1.69. The molecule has 0 saturated carbocycles. The SMILES string of the molecule is CC.CC.CCCC.C\C=C/C(=C\C)C(=C(/C)c1ccccc1)/c1ccc(OC)cc1. The van der Waals surface area contributed by atoms with Crippen molar-refractivity contribution >= 4 is 11.1 Å². The molecule has 0 N–H and O–H groups in total. The zero-order valence-corrected chi connectivity index (χ0v) is 21.8. The summed E-state index contributed by atoms with van der Waals surface area (Å²) in [5.74, 6) is 0.874. The number of ether oxygens (including phenoxy) is 1. The Bertz CT molecular complexity index is 745. The van der Waals surface area contributed by atoms with Crippen molar-refractivity contribution in [1.82, 2.24) is 0 Å². The monoisotopic (exact) mass is 422 g/mol. The Kier molecular flexibility index (Phi) is 20.5. The van der Waals surface area contributed by atoms with E-state index in [-0.39, 0.29) is 0 Å². The van der Waals surface area contributed by atoms with Gasteiger partial charge in [-0.05, 0) is 60.8 Å². The first-order chi connectivity index (χ1) is 15.1. The Morgan fingerprint density at radius 1 is 0.774 bits per heavy atom. The van der Waals surface area contributed by atoms with Crippen LogP contribution in [-0.4, -0.2) is 7.11 Å². The summed E-state index contributed by atoms with van der Waals surface area (Å²) in [6.45, 7) is 18.7. The van der Waals surface area contributed by atoms with Gasteiger partial charge in [0.1, 0.15) is 5.75 Å². The molecule has 0 bridgehead atoms. The van der Waals surface area contributed by atoms with Gasteiger partial charge < -0.3 is 4.74 Å². The molecule has 0 fully saturated rings. The highest BCUT2D eigenvalue weighted by atomic mass is 16.5. The summed E-state index contributed by atoms with van der Waals surface area (Å²) in [5.41, 5.74) is 6.17. The van der Waals surface area contributed by atoms with Crippen LogP contribution >= 0.6 is 0 Å². The van der Waals surface area contributed by atoms with Gasteiger partial charge in [-0.25, -0.2) is 0 Å². The second kappa shape index (κ2) is 20.7. The molecule has 2 aromatic carbocycles. The molecule has 172 valence electrons. The minimum atomic E-state index is 0.874. The Labute approximate surface area is 193 Å². The number of methoxy groups -OCH3 is 1. The Morgan fingerprint density at radius 2 is 1.29 bits per heavy atom. The van der Waals surface area contributed by atoms with Crippen molar-refractivity contribution in [2.45, 2.75) is 75.2 Å². The Hall–Kier alpha value is -2.54. The van der Waals surface area contributed by atoms with Crippen LogP contribution in [0.4, 0.5) is 0 Å². The first kappa shape index (κ1) is 30.7. The topological polar surface area (TPSA) is 9.23 Å². The smallest absolute Gasteiger partial charge is 0.118 e. The highest BCUT2D eigenvalue weighted by Crippen LogP contribution is 2.33. The van der Waals surface area contributed by atoms with E-state index in [1.807, 2.05) is 52.8 Å². The summed E-state index contributed by atoms with van der Waals surface area (Å²) >= 11 is 0. The molecule has 0 spiro atoms. The zero-order chi connectivity index (χ0) is 24.1. The lowest BCUT2D eigenvalue weighted by molar-refractivity contribution is 0.415. The number of hydrogen-bond donors (Lipinski definition) is 0. The molecule has 0 aromatic heterocycles. The van der Waals surface area contributed by atoms with E-state index in [1.165, 1.54) is 40.7 Å². The molecule has 0 heterocycles. The second-order valence-electron chi connectivity index (χ2n) is 6.34. The maximum Gasteiger partial charge on any atom is 0.118 e. The molecule has 2 aromatic rings. The van der Waals surface area contributed by atoms with Crippen LogP contribution in [-0.2, 0) is 0 Å². The first-order valence-electron chi connectivity index (χ1n) is 11.8. The minimum Gasteiger partial charge on any atom is -0.497 e. The van der Waals surface area contributed by atoms with E-state index in [0.29, 0.717) is 0 Å². The summed E-state index contributed by atoms with van der Waals surface area (Å²) in [6, 6.07) is 18.8. The molecule has 0 aliphatic heterocycles. The fraction of sp³-hybridized carbons (Fsp3) is 0.400. The molecule has 31 heavy (non-hydrogen) atoms. The normalized spacial score (nSPS) is 11.1. The third-order valence-electron chi connectivity index (χ3n) is 4.41. The summed E-state index contributed by atoms with van der Waals surface area (Å²) < 4.78 is 5.28. The maximum atomic E-state index is 5.28. The van der Waals surface area contributed by atoms with E-state index >= 15 is 0 Å². The van der Waals surface area contributed by atoms with Crippen molar-refractivity contribution in [3.63, 3.8) is 0 Å². The average molecular weight is 423 g/mol. The largest absolute Gasteiger partial charge is 0.497 e. The predicted octanol–water partition coefficient (Wildman–Crippen LogP) is 10.0. The van der Waals surface area contributed by atoms with Crippen LogP contribution in [0, 0.1) is 0 Å². The van der Waals surface area contributed by atoms with Crippen molar-refractivity contribution in [3.05, 3.63) is 89.5 Å². The number of allylic oxidation sites excluding steroid dienone is 6. The molecule has 0 aliphatic rings. The Balaban J connectivity index is 0. The van der Waals surface area contributed by atoms with E-state index in [4.69, 9.17) is 4.74 Å². The van der Waals surface area contributed by atoms with Crippen LogP contribution in [0.15, 0.2) is 78.4 Å². The van der Waals surface area contributed by atoms with Crippen LogP contribution in [0.25, 0.3) is 11.1 Å². The third-order valence-corrected chi connectivity index (χ3v) is 4.41. The number of unbranched alkanes of at least 4 members (excludes halogenated alkanes) is 1. The fourth-order valence-corrected chi connectivity index (χ4v) is 2.69. The van der Waals surface area contributed by atoms with Crippen molar-refractivity contribution in [2.75, 3.05) is 7.11 Å². The molecule has 0 atom stereocenters. The van der Waals surface area contributed by atoms with Gasteiger partial charge in [0, 0.05) is 0 Å². The fourth-order valence-electron chi connectivity index (χ4n) is 2.69. The molecule has 0 unspecified atom stereocenters. The number of rotatable bonds is 6. The van der Waals surface area contributed by atoms with Gasteiger partial charge in [-0.15, -0.1) is 0 Å². The average Bonchev–Trinajstić information content (AvgIpc) is 2.87. The minimum absolute atomic E-state index is 0.874. The van der Waals surface area contributed by atoms with Crippen LogP contribution in [0.1, 0.15) is 86.3 Å². The third kappa shape index (κ3) is 11.4. The van der Waals surface area contributed by atoms with Crippen LogP contribution in [0.5, 0.6) is 5.75 Å². The van der Waals surface area contributed by atoms with Gasteiger partial charge >= 0.3 is 0 Å². The quantitative estimate of drug-likeness (QED) is 0.332. The van der Waals surface area contributed by atoms with Crippen LogP contribution in [0.3, 0.4) is 0 Å². The molecule has 0 radical (unpaired) electrons. The lowest BCUT2D eigenvalue weighted by Gasteiger charge is -2.15. The van der Waals surface area contributed by atoms with Crippen molar-refractivity contribution in [3.8, 4) is 5.75 Å². The molecule has 0 saturated heterocycles. The van der Waals surface area contributed by atoms with Gasteiger partial charge in [0.2, 0.25) is 0 Å². The van der Waals surface area contributed by atoms with Crippen LogP contribution in [0.2, 0.25) is 0 Å². The summed E-state index contributed by atoms with van der Waals surface area (Å²) in [4.78, 5) is 0. The molecule has 2 rings (SSSR count). The van der Waals surface area contributed by atoms with Gasteiger partial charge in [-0.3, -0.25) is 0 Å². The maximum absolute atomic E-state index is 5.28. The standard InChI is InChI=1S/C22H24O.C4H10.2C2H6/c1-5-10-18(6-2)22(17(3)19-11-8-7-9-12-19)20-13-15-21(23-4)16-14-20;1-3-4-2;2*1-2/h5-16H,1-4H3;3-4H2,1-2H3;2*1-2H3/b10-5-,18-6+,22-17+;;;. The predicted molar refractivity (Wildman–Crippen MR) is 144 cm³/mol. The Morgan fingerprint density at radius 3 is 1.68 bits per heavy atom. The zero-order valence-electron chi connectivity index (χ0n) is 21.8. The van der Waals surface area contributed by atoms with Crippen LogP contribution < -0.4 is 4.74 Å². The highest BCUT2D eigenvalue weighted by Gasteiger charge is 2.11. The lowest BCUT2D eigenvalue weighted by atomic mass is 9.89. The summed E-state index contributed by atoms with van der Waals surface area (Å²) in [5, 5.41) is 0. The molecule has 1 nitrogen and oxygen atoms in total. The van der Waals surface area contributed by atoms with Gasteiger partial charge in [0.15, 0.2) is 0 Å². The van der Waals surface area contributed by atoms with Gasteiger partial charge in [0.05, 0.1) is 7.11 Å². The molecule has 0 amide bonds. The van der Waals surface area contributed by atoms with Gasteiger partial charge in [0.25, 0.3) is 0 Å². The van der Waals surface area contributed by atoms with E-state index in [9.17, 15) is 0 Å². The number of hydrogen-bond acceptors (Lipinski definition) is 1. The lowest BCUT2D eigenvalue weighted by Crippen LogP contribution is -1.93. The molecular weight excluding hydrogens is 376 g/mol. The van der Waals surface area contributed by atoms with E-state index < -0.39 is 0 Å². The van der Waals surface area contributed by atoms with Gasteiger partial charge in [-0.1, -0.05) is 115 Å². The molecule has 0 aliphatic carbocycles. The molecule has 1 heteroatoms. The van der Waals surface area contributed by atoms with Crippen molar-refractivity contribution < 1.29 is 4.74 Å². The van der Waals surface area contributed by atoms with Crippen molar-refractivity contribution in [2.24, 2.45) is 0 Å². The van der Waals surface area contributed by atoms with Gasteiger partial charge in [-0.2, -0.15) is 0 Å². The highest BCUT2D eigenvalue weighted by molar-refractivity contribution is 5.99.